The molecule has 2 aromatic carbocycles. The summed E-state index contributed by atoms with van der Waals surface area (Å²) in [4.78, 5) is 8.66. The van der Waals surface area contributed by atoms with Crippen molar-refractivity contribution in [3.8, 4) is 5.88 Å². The number of rotatable bonds is 7. The molecule has 0 aliphatic rings. The zero-order chi connectivity index (χ0) is 18.9. The van der Waals surface area contributed by atoms with Gasteiger partial charge in [0.15, 0.2) is 5.96 Å². The minimum absolute atomic E-state index is 0.381. The topological polar surface area (TPSA) is 72.5 Å². The molecule has 3 rings (SSSR count). The number of hydrogen-bond donors (Lipinski definition) is 2. The quantitative estimate of drug-likeness (QED) is 0.490. The Hall–Kier alpha value is -3.34. The van der Waals surface area contributed by atoms with Crippen molar-refractivity contribution < 1.29 is 4.74 Å². The van der Waals surface area contributed by atoms with Crippen molar-refractivity contribution in [1.29, 1.82) is 0 Å². The highest BCUT2D eigenvalue weighted by Gasteiger charge is 2.01. The molecule has 0 aliphatic heterocycles. The van der Waals surface area contributed by atoms with E-state index in [1.165, 1.54) is 5.56 Å². The van der Waals surface area contributed by atoms with E-state index in [1.54, 1.807) is 6.20 Å². The van der Waals surface area contributed by atoms with E-state index in [9.17, 15) is 0 Å². The Bertz CT molecular complexity index is 894. The number of ether oxygens (including phenoxy) is 1. The van der Waals surface area contributed by atoms with Crippen molar-refractivity contribution in [1.82, 2.24) is 4.98 Å². The Kier molecular flexibility index (Phi) is 6.41. The summed E-state index contributed by atoms with van der Waals surface area (Å²) >= 11 is 0. The predicted octanol–water partition coefficient (Wildman–Crippen LogP) is 4.15. The third kappa shape index (κ3) is 5.85. The summed E-state index contributed by atoms with van der Waals surface area (Å²) in [5.74, 6) is 0.959. The van der Waals surface area contributed by atoms with Crippen LogP contribution in [0.2, 0.25) is 0 Å². The van der Waals surface area contributed by atoms with Crippen LogP contribution in [0.3, 0.4) is 0 Å². The molecule has 0 saturated heterocycles. The van der Waals surface area contributed by atoms with Gasteiger partial charge in [-0.1, -0.05) is 49.4 Å². The molecular weight excluding hydrogens is 336 g/mol. The SMILES string of the molecule is CCc1cccc(NC(N)=NCc2ccnc(OCc3ccccc3)c2)c1. The lowest BCUT2D eigenvalue weighted by molar-refractivity contribution is 0.293. The number of aliphatic imine (C=N–C) groups is 1. The van der Waals surface area contributed by atoms with Gasteiger partial charge in [-0.25, -0.2) is 9.98 Å². The van der Waals surface area contributed by atoms with Crippen LogP contribution in [-0.2, 0) is 19.6 Å². The average Bonchev–Trinajstić information content (AvgIpc) is 2.72. The molecule has 1 heterocycles. The fourth-order valence-electron chi connectivity index (χ4n) is 2.59. The van der Waals surface area contributed by atoms with Crippen molar-refractivity contribution in [3.05, 3.63) is 89.6 Å². The Morgan fingerprint density at radius 2 is 1.81 bits per heavy atom. The molecule has 5 nitrogen and oxygen atoms in total. The predicted molar refractivity (Wildman–Crippen MR) is 110 cm³/mol. The van der Waals surface area contributed by atoms with E-state index in [4.69, 9.17) is 10.5 Å². The second kappa shape index (κ2) is 9.38. The lowest BCUT2D eigenvalue weighted by atomic mass is 10.1. The standard InChI is InChI=1S/C22H24N4O/c1-2-17-9-6-10-20(13-17)26-22(23)25-15-19-11-12-24-21(14-19)27-16-18-7-4-3-5-8-18/h3-14H,2,15-16H2,1H3,(H3,23,25,26). The van der Waals surface area contributed by atoms with Crippen molar-refractivity contribution >= 4 is 11.6 Å². The number of pyridine rings is 1. The highest BCUT2D eigenvalue weighted by atomic mass is 16.5. The van der Waals surface area contributed by atoms with Gasteiger partial charge in [0.1, 0.15) is 6.61 Å². The number of anilines is 1. The summed E-state index contributed by atoms with van der Waals surface area (Å²) in [5.41, 5.74) is 10.3. The van der Waals surface area contributed by atoms with E-state index >= 15 is 0 Å². The molecule has 0 saturated carbocycles. The zero-order valence-electron chi connectivity index (χ0n) is 15.4. The molecule has 27 heavy (non-hydrogen) atoms. The Morgan fingerprint density at radius 3 is 2.63 bits per heavy atom. The average molecular weight is 360 g/mol. The molecule has 0 spiro atoms. The van der Waals surface area contributed by atoms with E-state index in [-0.39, 0.29) is 0 Å². The third-order valence-electron chi connectivity index (χ3n) is 4.07. The molecule has 3 aromatic rings. The number of hydrogen-bond acceptors (Lipinski definition) is 3. The third-order valence-corrected chi connectivity index (χ3v) is 4.07. The highest BCUT2D eigenvalue weighted by molar-refractivity contribution is 5.92. The van der Waals surface area contributed by atoms with Crippen LogP contribution < -0.4 is 15.8 Å². The van der Waals surface area contributed by atoms with E-state index in [1.807, 2.05) is 54.6 Å². The van der Waals surface area contributed by atoms with Crippen molar-refractivity contribution in [2.45, 2.75) is 26.5 Å². The van der Waals surface area contributed by atoms with E-state index < -0.39 is 0 Å². The summed E-state index contributed by atoms with van der Waals surface area (Å²) < 4.78 is 5.75. The molecule has 3 N–H and O–H groups in total. The molecule has 138 valence electrons. The molecule has 0 amide bonds. The first-order valence-electron chi connectivity index (χ1n) is 9.00. The van der Waals surface area contributed by atoms with E-state index in [0.717, 1.165) is 23.2 Å². The molecule has 5 heteroatoms. The minimum Gasteiger partial charge on any atom is -0.473 e. The second-order valence-corrected chi connectivity index (χ2v) is 6.16. The van der Waals surface area contributed by atoms with Crippen LogP contribution in [0.5, 0.6) is 5.88 Å². The van der Waals surface area contributed by atoms with E-state index in [0.29, 0.717) is 25.0 Å². The van der Waals surface area contributed by atoms with Gasteiger partial charge < -0.3 is 15.8 Å². The Balaban J connectivity index is 1.57. The molecule has 1 aromatic heterocycles. The second-order valence-electron chi connectivity index (χ2n) is 6.16. The first-order chi connectivity index (χ1) is 13.2. The van der Waals surface area contributed by atoms with Crippen LogP contribution in [0.15, 0.2) is 77.9 Å². The van der Waals surface area contributed by atoms with Gasteiger partial charge in [0.25, 0.3) is 0 Å². The smallest absolute Gasteiger partial charge is 0.213 e. The van der Waals surface area contributed by atoms with Gasteiger partial charge in [0.05, 0.1) is 6.54 Å². The first kappa shape index (κ1) is 18.5. The van der Waals surface area contributed by atoms with Gasteiger partial charge in [-0.05, 0) is 41.3 Å². The number of nitrogens with one attached hydrogen (secondary N) is 1. The fourth-order valence-corrected chi connectivity index (χ4v) is 2.59. The lowest BCUT2D eigenvalue weighted by Gasteiger charge is -2.08. The Morgan fingerprint density at radius 1 is 1.00 bits per heavy atom. The molecular formula is C22H24N4O. The van der Waals surface area contributed by atoms with Crippen LogP contribution in [0.4, 0.5) is 5.69 Å². The number of aryl methyl sites for hydroxylation is 1. The number of aromatic nitrogens is 1. The molecule has 0 atom stereocenters. The number of benzene rings is 2. The summed E-state index contributed by atoms with van der Waals surface area (Å²) in [5, 5.41) is 3.13. The highest BCUT2D eigenvalue weighted by Crippen LogP contribution is 2.13. The Labute approximate surface area is 159 Å². The zero-order valence-corrected chi connectivity index (χ0v) is 15.4. The van der Waals surface area contributed by atoms with Crippen LogP contribution in [0, 0.1) is 0 Å². The molecule has 0 radical (unpaired) electrons. The van der Waals surface area contributed by atoms with Crippen molar-refractivity contribution in [3.63, 3.8) is 0 Å². The summed E-state index contributed by atoms with van der Waals surface area (Å²) in [6.07, 6.45) is 2.70. The lowest BCUT2D eigenvalue weighted by Crippen LogP contribution is -2.22. The van der Waals surface area contributed by atoms with Gasteiger partial charge in [-0.3, -0.25) is 0 Å². The minimum atomic E-state index is 0.381. The monoisotopic (exact) mass is 360 g/mol. The van der Waals surface area contributed by atoms with Gasteiger partial charge in [-0.2, -0.15) is 0 Å². The maximum absolute atomic E-state index is 6.01. The van der Waals surface area contributed by atoms with Crippen molar-refractivity contribution in [2.24, 2.45) is 10.7 Å². The first-order valence-corrected chi connectivity index (χ1v) is 9.00. The van der Waals surface area contributed by atoms with Crippen LogP contribution in [-0.4, -0.2) is 10.9 Å². The molecule has 0 bridgehead atoms. The number of guanidine groups is 1. The van der Waals surface area contributed by atoms with Crippen LogP contribution >= 0.6 is 0 Å². The largest absolute Gasteiger partial charge is 0.473 e. The van der Waals surface area contributed by atoms with Gasteiger partial charge in [0, 0.05) is 18.0 Å². The molecule has 0 unspecified atom stereocenters. The van der Waals surface area contributed by atoms with Crippen molar-refractivity contribution in [2.75, 3.05) is 5.32 Å². The maximum Gasteiger partial charge on any atom is 0.213 e. The van der Waals surface area contributed by atoms with Gasteiger partial charge in [0.2, 0.25) is 5.88 Å². The summed E-state index contributed by atoms with van der Waals surface area (Å²) in [6, 6.07) is 21.9. The summed E-state index contributed by atoms with van der Waals surface area (Å²) in [7, 11) is 0. The number of nitrogens with two attached hydrogens (primary N) is 1. The maximum atomic E-state index is 6.01. The normalized spacial score (nSPS) is 11.2. The van der Waals surface area contributed by atoms with Crippen LogP contribution in [0.1, 0.15) is 23.6 Å². The van der Waals surface area contributed by atoms with Crippen LogP contribution in [0.25, 0.3) is 0 Å². The van der Waals surface area contributed by atoms with Gasteiger partial charge >= 0.3 is 0 Å². The van der Waals surface area contributed by atoms with Gasteiger partial charge in [-0.15, -0.1) is 0 Å². The fraction of sp³-hybridized carbons (Fsp3) is 0.182. The van der Waals surface area contributed by atoms with E-state index in [2.05, 4.69) is 34.3 Å². The summed E-state index contributed by atoms with van der Waals surface area (Å²) in [6.45, 7) is 3.06. The molecule has 0 aliphatic carbocycles. The number of nitrogens with zero attached hydrogens (tertiary/aromatic N) is 2. The molecule has 0 fully saturated rings.